The van der Waals surface area contributed by atoms with Gasteiger partial charge in [0.05, 0.1) is 17.3 Å². The molecule has 1 heterocycles. The van der Waals surface area contributed by atoms with Crippen molar-refractivity contribution in [1.29, 1.82) is 0 Å². The number of aromatic hydroxyl groups is 1. The minimum atomic E-state index is -0.807. The lowest BCUT2D eigenvalue weighted by Gasteiger charge is -2.28. The smallest absolute Gasteiger partial charge is 0.306 e. The van der Waals surface area contributed by atoms with Gasteiger partial charge in [-0.2, -0.15) is 5.10 Å². The Morgan fingerprint density at radius 3 is 2.57 bits per heavy atom. The average molecular weight is 573 g/mol. The van der Waals surface area contributed by atoms with Crippen molar-refractivity contribution in [2.75, 3.05) is 16.9 Å². The van der Waals surface area contributed by atoms with Gasteiger partial charge in [-0.15, -0.1) is 0 Å². The molecule has 2 atom stereocenters. The van der Waals surface area contributed by atoms with Crippen molar-refractivity contribution in [2.24, 2.45) is 11.0 Å². The van der Waals surface area contributed by atoms with Crippen molar-refractivity contribution in [2.45, 2.75) is 84.7 Å². The Hall–Kier alpha value is -3.98. The SMILES string of the molecule is CCN(Cc1cc(N2C(=O)C=C(C)C(=NNc3cccc(C4CCCC(C(=O)O)C4)c3O)C2=O)cc(C)c1C)C1CC1. The number of hydrazone groups is 1. The standard InChI is InChI=1S/C33H40N4O5/c1-5-36(25-12-13-25)18-24-17-26(14-19(2)21(24)4)37-29(38)15-20(3)30(32(37)40)35-34-28-11-7-10-27(31(28)39)22-8-6-9-23(16-22)33(41)42/h7,10-11,14-15,17,22-23,25,34,39H,5-6,8-9,12-13,16,18H2,1-4H3,(H,41,42). The molecule has 0 spiro atoms. The van der Waals surface area contributed by atoms with Crippen LogP contribution >= 0.6 is 0 Å². The van der Waals surface area contributed by atoms with E-state index in [1.807, 2.05) is 19.1 Å². The maximum Gasteiger partial charge on any atom is 0.306 e. The van der Waals surface area contributed by atoms with Crippen LogP contribution in [0, 0.1) is 19.8 Å². The van der Waals surface area contributed by atoms with Crippen molar-refractivity contribution in [3.8, 4) is 5.75 Å². The van der Waals surface area contributed by atoms with Gasteiger partial charge in [-0.1, -0.05) is 25.5 Å². The number of hydrogen-bond acceptors (Lipinski definition) is 7. The molecule has 3 aliphatic rings. The van der Waals surface area contributed by atoms with Crippen molar-refractivity contribution in [3.05, 3.63) is 64.2 Å². The van der Waals surface area contributed by atoms with Gasteiger partial charge in [-0.3, -0.25) is 24.7 Å². The van der Waals surface area contributed by atoms with Crippen LogP contribution in [0.2, 0.25) is 0 Å². The number of carboxylic acid groups (broad SMARTS) is 1. The lowest BCUT2D eigenvalue weighted by molar-refractivity contribution is -0.143. The molecule has 42 heavy (non-hydrogen) atoms. The third-order valence-electron chi connectivity index (χ3n) is 9.02. The normalized spacial score (nSPS) is 22.1. The summed E-state index contributed by atoms with van der Waals surface area (Å²) in [6, 6.07) is 9.64. The topological polar surface area (TPSA) is 123 Å². The summed E-state index contributed by atoms with van der Waals surface area (Å²) in [7, 11) is 0. The number of carboxylic acids is 1. The molecule has 2 fully saturated rings. The van der Waals surface area contributed by atoms with Crippen LogP contribution in [-0.2, 0) is 20.9 Å². The summed E-state index contributed by atoms with van der Waals surface area (Å²) >= 11 is 0. The van der Waals surface area contributed by atoms with Gasteiger partial charge in [-0.05, 0) is 111 Å². The van der Waals surface area contributed by atoms with Gasteiger partial charge in [0.15, 0.2) is 5.71 Å². The number of carbonyl (C=O) groups is 3. The van der Waals surface area contributed by atoms with E-state index in [9.17, 15) is 24.6 Å². The van der Waals surface area contributed by atoms with E-state index in [0.29, 0.717) is 41.4 Å². The maximum absolute atomic E-state index is 13.7. The molecule has 2 aromatic carbocycles. The fourth-order valence-electron chi connectivity index (χ4n) is 6.23. The van der Waals surface area contributed by atoms with E-state index in [4.69, 9.17) is 0 Å². The van der Waals surface area contributed by atoms with E-state index in [-0.39, 0.29) is 17.4 Å². The molecule has 1 aliphatic heterocycles. The van der Waals surface area contributed by atoms with Crippen molar-refractivity contribution in [1.82, 2.24) is 4.90 Å². The summed E-state index contributed by atoms with van der Waals surface area (Å²) < 4.78 is 0. The molecule has 222 valence electrons. The van der Waals surface area contributed by atoms with Gasteiger partial charge in [0, 0.05) is 18.7 Å². The summed E-state index contributed by atoms with van der Waals surface area (Å²) in [5.74, 6) is -2.29. The second-order valence-electron chi connectivity index (χ2n) is 11.9. The van der Waals surface area contributed by atoms with Gasteiger partial charge >= 0.3 is 5.97 Å². The van der Waals surface area contributed by atoms with Crippen molar-refractivity contribution >= 4 is 34.9 Å². The quantitative estimate of drug-likeness (QED) is 0.202. The van der Waals surface area contributed by atoms with Gasteiger partial charge in [0.2, 0.25) is 0 Å². The molecule has 5 rings (SSSR count). The molecular weight excluding hydrogens is 532 g/mol. The lowest BCUT2D eigenvalue weighted by Crippen LogP contribution is -2.45. The summed E-state index contributed by atoms with van der Waals surface area (Å²) in [5, 5.41) is 24.9. The highest BCUT2D eigenvalue weighted by Gasteiger charge is 2.34. The molecule has 2 unspecified atom stereocenters. The van der Waals surface area contributed by atoms with Crippen LogP contribution in [0.25, 0.3) is 0 Å². The highest BCUT2D eigenvalue weighted by Crippen LogP contribution is 2.42. The number of anilines is 2. The monoisotopic (exact) mass is 572 g/mol. The van der Waals surface area contributed by atoms with Crippen molar-refractivity contribution < 1.29 is 24.6 Å². The Morgan fingerprint density at radius 2 is 1.88 bits per heavy atom. The number of aliphatic carboxylic acids is 1. The molecule has 2 aliphatic carbocycles. The number of phenolic OH excluding ortho intramolecular Hbond substituents is 1. The van der Waals surface area contributed by atoms with Gasteiger partial charge in [-0.25, -0.2) is 4.90 Å². The third-order valence-corrected chi connectivity index (χ3v) is 9.02. The van der Waals surface area contributed by atoms with E-state index >= 15 is 0 Å². The van der Waals surface area contributed by atoms with Crippen LogP contribution in [-0.4, -0.2) is 51.2 Å². The van der Waals surface area contributed by atoms with E-state index in [1.54, 1.807) is 25.1 Å². The first-order chi connectivity index (χ1) is 20.1. The fraction of sp³-hybridized carbons (Fsp3) is 0.455. The molecule has 9 heteroatoms. The maximum atomic E-state index is 13.7. The van der Waals surface area contributed by atoms with Crippen LogP contribution in [0.5, 0.6) is 5.75 Å². The van der Waals surface area contributed by atoms with Crippen LogP contribution in [0.1, 0.15) is 80.5 Å². The number of nitrogens with zero attached hydrogens (tertiary/aromatic N) is 3. The summed E-state index contributed by atoms with van der Waals surface area (Å²) in [5.41, 5.74) is 8.10. The summed E-state index contributed by atoms with van der Waals surface area (Å²) in [4.78, 5) is 42.0. The van der Waals surface area contributed by atoms with Gasteiger partial charge in [0.25, 0.3) is 11.8 Å². The number of amides is 2. The zero-order chi connectivity index (χ0) is 30.1. The Balaban J connectivity index is 1.40. The predicted octanol–water partition coefficient (Wildman–Crippen LogP) is 5.64. The van der Waals surface area contributed by atoms with E-state index in [1.165, 1.54) is 23.8 Å². The molecule has 0 radical (unpaired) electrons. The van der Waals surface area contributed by atoms with Crippen LogP contribution in [0.3, 0.4) is 0 Å². The number of imide groups is 1. The molecule has 0 bridgehead atoms. The predicted molar refractivity (Wildman–Crippen MR) is 163 cm³/mol. The molecule has 0 saturated heterocycles. The molecule has 9 nitrogen and oxygen atoms in total. The van der Waals surface area contributed by atoms with Crippen molar-refractivity contribution in [3.63, 3.8) is 0 Å². The zero-order valence-corrected chi connectivity index (χ0v) is 24.8. The molecule has 0 aromatic heterocycles. The zero-order valence-electron chi connectivity index (χ0n) is 24.8. The second kappa shape index (κ2) is 12.1. The van der Waals surface area contributed by atoms with E-state index in [2.05, 4.69) is 29.3 Å². The van der Waals surface area contributed by atoms with Crippen LogP contribution in [0.4, 0.5) is 11.4 Å². The Bertz CT molecular complexity index is 1480. The number of para-hydroxylation sites is 1. The van der Waals surface area contributed by atoms with Gasteiger partial charge < -0.3 is 10.2 Å². The van der Waals surface area contributed by atoms with Gasteiger partial charge in [0.1, 0.15) is 5.75 Å². The Kier molecular flexibility index (Phi) is 8.50. The number of rotatable bonds is 9. The molecule has 3 N–H and O–H groups in total. The highest BCUT2D eigenvalue weighted by molar-refractivity contribution is 6.56. The summed E-state index contributed by atoms with van der Waals surface area (Å²) in [6.45, 7) is 9.59. The lowest BCUT2D eigenvalue weighted by atomic mass is 9.77. The summed E-state index contributed by atoms with van der Waals surface area (Å²) in [6.07, 6.45) is 6.49. The highest BCUT2D eigenvalue weighted by atomic mass is 16.4. The number of carbonyl (C=O) groups excluding carboxylic acids is 2. The third kappa shape index (κ3) is 5.97. The number of phenols is 1. The molecular formula is C33H40N4O5. The van der Waals surface area contributed by atoms with E-state index < -0.39 is 23.7 Å². The minimum Gasteiger partial charge on any atom is -0.505 e. The minimum absolute atomic E-state index is 0.00865. The largest absolute Gasteiger partial charge is 0.505 e. The Labute approximate surface area is 246 Å². The first-order valence-electron chi connectivity index (χ1n) is 14.9. The molecule has 2 saturated carbocycles. The van der Waals surface area contributed by atoms with Crippen LogP contribution < -0.4 is 10.3 Å². The Morgan fingerprint density at radius 1 is 1.12 bits per heavy atom. The number of benzene rings is 2. The first kappa shape index (κ1) is 29.5. The molecule has 2 aromatic rings. The fourth-order valence-corrected chi connectivity index (χ4v) is 6.23. The number of nitrogens with one attached hydrogen (secondary N) is 1. The number of aryl methyl sites for hydroxylation is 1. The second-order valence-corrected chi connectivity index (χ2v) is 11.9. The molecule has 2 amide bonds. The number of hydrogen-bond donors (Lipinski definition) is 3. The van der Waals surface area contributed by atoms with E-state index in [0.717, 1.165) is 42.6 Å². The van der Waals surface area contributed by atoms with Crippen LogP contribution in [0.15, 0.2) is 47.1 Å². The average Bonchev–Trinajstić information content (AvgIpc) is 3.80. The first-order valence-corrected chi connectivity index (χ1v) is 14.9.